The summed E-state index contributed by atoms with van der Waals surface area (Å²) in [7, 11) is 2.66. The van der Waals surface area contributed by atoms with E-state index in [0.717, 1.165) is 6.07 Å². The van der Waals surface area contributed by atoms with Gasteiger partial charge in [0.2, 0.25) is 5.82 Å². The minimum atomic E-state index is -1.20. The molecule has 0 radical (unpaired) electrons. The second-order valence-corrected chi connectivity index (χ2v) is 7.96. The zero-order valence-electron chi connectivity index (χ0n) is 18.1. The van der Waals surface area contributed by atoms with Gasteiger partial charge in [-0.1, -0.05) is 6.07 Å². The maximum absolute atomic E-state index is 14.4. The van der Waals surface area contributed by atoms with Crippen molar-refractivity contribution >= 4 is 11.6 Å². The number of benzene rings is 1. The van der Waals surface area contributed by atoms with Crippen molar-refractivity contribution in [2.75, 3.05) is 26.1 Å². The molecule has 2 heterocycles. The summed E-state index contributed by atoms with van der Waals surface area (Å²) >= 11 is 0. The van der Waals surface area contributed by atoms with Gasteiger partial charge in [0.15, 0.2) is 11.6 Å². The third-order valence-electron chi connectivity index (χ3n) is 5.49. The van der Waals surface area contributed by atoms with E-state index in [-0.39, 0.29) is 17.0 Å². The summed E-state index contributed by atoms with van der Waals surface area (Å²) in [6.45, 7) is 2.93. The molecule has 0 unspecified atom stereocenters. The first-order valence-corrected chi connectivity index (χ1v) is 9.92. The van der Waals surface area contributed by atoms with Gasteiger partial charge in [-0.3, -0.25) is 9.78 Å². The summed E-state index contributed by atoms with van der Waals surface area (Å²) in [5.74, 6) is -3.95. The predicted molar refractivity (Wildman–Crippen MR) is 110 cm³/mol. The van der Waals surface area contributed by atoms with E-state index >= 15 is 0 Å². The average Bonchev–Trinajstić information content (AvgIpc) is 3.05. The zero-order valence-corrected chi connectivity index (χ0v) is 18.1. The van der Waals surface area contributed by atoms with Crippen LogP contribution in [-0.4, -0.2) is 59.7 Å². The molecule has 1 saturated heterocycles. The van der Waals surface area contributed by atoms with Crippen LogP contribution in [-0.2, 0) is 14.3 Å². The molecule has 2 aromatic rings. The number of halogens is 2. The lowest BCUT2D eigenvalue weighted by molar-refractivity contribution is -0.132. The molecule has 3 rings (SSSR count). The minimum Gasteiger partial charge on any atom is -0.493 e. The molecular weight excluding hydrogens is 426 g/mol. The van der Waals surface area contributed by atoms with Crippen LogP contribution >= 0.6 is 0 Å². The molecule has 32 heavy (non-hydrogen) atoms. The molecule has 1 aliphatic heterocycles. The Morgan fingerprint density at radius 3 is 2.66 bits per heavy atom. The maximum atomic E-state index is 14.4. The van der Waals surface area contributed by atoms with Crippen molar-refractivity contribution in [3.63, 3.8) is 0 Å². The predicted octanol–water partition coefficient (Wildman–Crippen LogP) is 2.31. The third kappa shape index (κ3) is 4.44. The molecule has 8 nitrogen and oxygen atoms in total. The summed E-state index contributed by atoms with van der Waals surface area (Å²) in [6.07, 6.45) is -1.64. The summed E-state index contributed by atoms with van der Waals surface area (Å²) in [5.41, 5.74) is -0.222. The van der Waals surface area contributed by atoms with Crippen LogP contribution in [0.4, 0.5) is 14.5 Å². The van der Waals surface area contributed by atoms with Crippen molar-refractivity contribution < 1.29 is 38.0 Å². The Balaban J connectivity index is 1.99. The molecular formula is C22H26F2N2O6. The fraction of sp³-hybridized carbons (Fsp3) is 0.455. The molecule has 1 amide bonds. The first-order chi connectivity index (χ1) is 15.1. The second-order valence-electron chi connectivity index (χ2n) is 7.96. The first-order valence-electron chi connectivity index (χ1n) is 9.92. The number of carbonyl (C=O) groups is 1. The number of pyridine rings is 1. The summed E-state index contributed by atoms with van der Waals surface area (Å²) < 4.78 is 45.0. The SMILES string of the molecule is COc1c([C@H]2[C@H](C(=O)Nc3ccnc([C@H](O)CO)c3)OC(C)(C)[C@H]2OC)ccc(F)c1F. The van der Waals surface area contributed by atoms with Gasteiger partial charge in [-0.25, -0.2) is 4.39 Å². The Bertz CT molecular complexity index is 987. The number of ether oxygens (including phenoxy) is 3. The summed E-state index contributed by atoms with van der Waals surface area (Å²) in [4.78, 5) is 17.2. The largest absolute Gasteiger partial charge is 0.493 e. The summed E-state index contributed by atoms with van der Waals surface area (Å²) in [5, 5.41) is 21.6. The van der Waals surface area contributed by atoms with Crippen LogP contribution in [0, 0.1) is 11.6 Å². The highest BCUT2D eigenvalue weighted by molar-refractivity contribution is 5.95. The molecule has 3 N–H and O–H groups in total. The highest BCUT2D eigenvalue weighted by Crippen LogP contribution is 2.46. The van der Waals surface area contributed by atoms with Crippen LogP contribution in [0.2, 0.25) is 0 Å². The smallest absolute Gasteiger partial charge is 0.254 e. The highest BCUT2D eigenvalue weighted by atomic mass is 19.2. The van der Waals surface area contributed by atoms with Crippen LogP contribution in [0.1, 0.15) is 37.1 Å². The molecule has 1 aliphatic rings. The number of nitrogens with one attached hydrogen (secondary N) is 1. The zero-order chi connectivity index (χ0) is 23.6. The molecule has 0 aliphatic carbocycles. The average molecular weight is 452 g/mol. The Hall–Kier alpha value is -2.66. The number of aromatic nitrogens is 1. The number of anilines is 1. The highest BCUT2D eigenvalue weighted by Gasteiger charge is 2.54. The Morgan fingerprint density at radius 1 is 1.31 bits per heavy atom. The molecule has 0 bridgehead atoms. The Kier molecular flexibility index (Phi) is 7.09. The molecule has 4 atom stereocenters. The van der Waals surface area contributed by atoms with Gasteiger partial charge < -0.3 is 29.7 Å². The second kappa shape index (κ2) is 9.45. The van der Waals surface area contributed by atoms with Crippen LogP contribution in [0.3, 0.4) is 0 Å². The molecule has 1 aromatic heterocycles. The number of nitrogens with zero attached hydrogens (tertiary/aromatic N) is 1. The number of aliphatic hydroxyl groups is 2. The van der Waals surface area contributed by atoms with Gasteiger partial charge in [0.25, 0.3) is 5.91 Å². The Morgan fingerprint density at radius 2 is 2.03 bits per heavy atom. The van der Waals surface area contributed by atoms with E-state index in [9.17, 15) is 18.7 Å². The Labute approximate surface area is 184 Å². The van der Waals surface area contributed by atoms with Gasteiger partial charge in [0.05, 0.1) is 37.0 Å². The van der Waals surface area contributed by atoms with Gasteiger partial charge >= 0.3 is 0 Å². The third-order valence-corrected chi connectivity index (χ3v) is 5.49. The topological polar surface area (TPSA) is 110 Å². The van der Waals surface area contributed by atoms with Crippen LogP contribution in [0.15, 0.2) is 30.5 Å². The quantitative estimate of drug-likeness (QED) is 0.591. The number of carbonyl (C=O) groups excluding carboxylic acids is 1. The molecule has 0 saturated carbocycles. The fourth-order valence-electron chi connectivity index (χ4n) is 4.06. The molecule has 1 fully saturated rings. The van der Waals surface area contributed by atoms with E-state index in [1.807, 2.05) is 0 Å². The first kappa shape index (κ1) is 24.0. The van der Waals surface area contributed by atoms with Gasteiger partial charge in [0, 0.05) is 24.6 Å². The van der Waals surface area contributed by atoms with Crippen LogP contribution in [0.25, 0.3) is 0 Å². The number of amides is 1. The maximum Gasteiger partial charge on any atom is 0.254 e. The van der Waals surface area contributed by atoms with Crippen LogP contribution < -0.4 is 10.1 Å². The molecule has 174 valence electrons. The van der Waals surface area contributed by atoms with Crippen LogP contribution in [0.5, 0.6) is 5.75 Å². The number of aliphatic hydroxyl groups excluding tert-OH is 2. The van der Waals surface area contributed by atoms with Gasteiger partial charge in [-0.15, -0.1) is 0 Å². The van der Waals surface area contributed by atoms with Gasteiger partial charge in [0.1, 0.15) is 12.2 Å². The number of hydrogen-bond acceptors (Lipinski definition) is 7. The van der Waals surface area contributed by atoms with Crippen molar-refractivity contribution in [2.24, 2.45) is 0 Å². The summed E-state index contributed by atoms with van der Waals surface area (Å²) in [6, 6.07) is 5.24. The molecule has 10 heteroatoms. The van der Waals surface area contributed by atoms with E-state index < -0.39 is 54.0 Å². The normalized spacial score (nSPS) is 23.1. The number of methoxy groups -OCH3 is 2. The van der Waals surface area contributed by atoms with E-state index in [1.54, 1.807) is 13.8 Å². The van der Waals surface area contributed by atoms with E-state index in [0.29, 0.717) is 5.69 Å². The van der Waals surface area contributed by atoms with Crippen molar-refractivity contribution in [1.82, 2.24) is 4.98 Å². The monoisotopic (exact) mass is 452 g/mol. The van der Waals surface area contributed by atoms with Crippen molar-refractivity contribution in [3.05, 3.63) is 53.4 Å². The lowest BCUT2D eigenvalue weighted by atomic mass is 9.83. The fourth-order valence-corrected chi connectivity index (χ4v) is 4.06. The van der Waals surface area contributed by atoms with E-state index in [2.05, 4.69) is 10.3 Å². The van der Waals surface area contributed by atoms with E-state index in [1.165, 1.54) is 38.6 Å². The lowest BCUT2D eigenvalue weighted by Gasteiger charge is -2.28. The number of hydrogen-bond donors (Lipinski definition) is 3. The lowest BCUT2D eigenvalue weighted by Crippen LogP contribution is -2.36. The minimum absolute atomic E-state index is 0.173. The van der Waals surface area contributed by atoms with Crippen molar-refractivity contribution in [2.45, 2.75) is 43.7 Å². The van der Waals surface area contributed by atoms with E-state index in [4.69, 9.17) is 19.3 Å². The van der Waals surface area contributed by atoms with Gasteiger partial charge in [-0.05, 0) is 32.0 Å². The molecule has 0 spiro atoms. The molecule has 1 aromatic carbocycles. The van der Waals surface area contributed by atoms with Gasteiger partial charge in [-0.2, -0.15) is 4.39 Å². The van der Waals surface area contributed by atoms with Crippen molar-refractivity contribution in [1.29, 1.82) is 0 Å². The number of rotatable bonds is 7. The standard InChI is InChI=1S/C22H26F2N2O6/c1-22(2)20(31-4)16(12-5-6-13(23)17(24)18(12)30-3)19(32-22)21(29)26-11-7-8-25-14(9-11)15(28)10-27/h5-9,15-16,19-20,27-28H,10H2,1-4H3,(H,25,26,29)/t15-,16+,19-,20+/m1/s1. The van der Waals surface area contributed by atoms with Crippen molar-refractivity contribution in [3.8, 4) is 5.75 Å².